The second-order valence-corrected chi connectivity index (χ2v) is 7.18. The number of halogens is 1. The molecule has 0 saturated heterocycles. The van der Waals surface area contributed by atoms with Crippen LogP contribution in [0.5, 0.6) is 0 Å². The number of furan rings is 1. The van der Waals surface area contributed by atoms with E-state index in [1.165, 1.54) is 6.26 Å². The minimum atomic E-state index is -0.597. The first-order chi connectivity index (χ1) is 13.6. The average Bonchev–Trinajstić information content (AvgIpc) is 3.26. The predicted octanol–water partition coefficient (Wildman–Crippen LogP) is 3.82. The van der Waals surface area contributed by atoms with Crippen LogP contribution in [0.3, 0.4) is 0 Å². The van der Waals surface area contributed by atoms with E-state index < -0.39 is 6.04 Å². The summed E-state index contributed by atoms with van der Waals surface area (Å²) in [5, 5.41) is 3.59. The van der Waals surface area contributed by atoms with E-state index in [1.807, 2.05) is 36.4 Å². The van der Waals surface area contributed by atoms with Crippen LogP contribution >= 0.6 is 11.6 Å². The Morgan fingerprint density at radius 2 is 1.79 bits per heavy atom. The Labute approximate surface area is 167 Å². The van der Waals surface area contributed by atoms with Gasteiger partial charge in [-0.2, -0.15) is 0 Å². The molecule has 0 spiro atoms. The summed E-state index contributed by atoms with van der Waals surface area (Å²) in [5.41, 5.74) is 3.07. The summed E-state index contributed by atoms with van der Waals surface area (Å²) in [6, 6.07) is 17.9. The zero-order valence-electron chi connectivity index (χ0n) is 15.1. The van der Waals surface area contributed by atoms with E-state index >= 15 is 0 Å². The van der Waals surface area contributed by atoms with Crippen molar-refractivity contribution < 1.29 is 14.0 Å². The van der Waals surface area contributed by atoms with Crippen LogP contribution in [0.25, 0.3) is 0 Å². The lowest BCUT2D eigenvalue weighted by atomic mass is 9.93. The number of fused-ring (bicyclic) bond motifs is 1. The molecule has 2 heterocycles. The molecule has 2 aromatic carbocycles. The van der Waals surface area contributed by atoms with Crippen LogP contribution in [-0.4, -0.2) is 22.8 Å². The Balaban J connectivity index is 1.55. The number of nitrogens with one attached hydrogen (secondary N) is 1. The first kappa shape index (κ1) is 18.3. The number of rotatable bonds is 4. The summed E-state index contributed by atoms with van der Waals surface area (Å²) in [6.07, 6.45) is 1.93. The summed E-state index contributed by atoms with van der Waals surface area (Å²) >= 11 is 5.91. The molecular weight excluding hydrogens is 376 g/mol. The number of carbonyl (C=O) groups is 2. The maximum absolute atomic E-state index is 13.0. The quantitative estimate of drug-likeness (QED) is 0.731. The topological polar surface area (TPSA) is 62.6 Å². The molecule has 2 amide bonds. The van der Waals surface area contributed by atoms with Gasteiger partial charge in [-0.15, -0.1) is 0 Å². The molecule has 0 radical (unpaired) electrons. The van der Waals surface area contributed by atoms with Crippen molar-refractivity contribution in [2.75, 3.05) is 0 Å². The number of hydrogen-bond donors (Lipinski definition) is 1. The molecule has 1 atom stereocenters. The van der Waals surface area contributed by atoms with Gasteiger partial charge in [0.05, 0.1) is 6.26 Å². The highest BCUT2D eigenvalue weighted by Crippen LogP contribution is 2.25. The van der Waals surface area contributed by atoms with Crippen molar-refractivity contribution >= 4 is 23.4 Å². The zero-order chi connectivity index (χ0) is 19.5. The second-order valence-electron chi connectivity index (χ2n) is 6.74. The maximum Gasteiger partial charge on any atom is 0.290 e. The summed E-state index contributed by atoms with van der Waals surface area (Å²) < 4.78 is 5.27. The molecule has 0 fully saturated rings. The van der Waals surface area contributed by atoms with Gasteiger partial charge in [-0.1, -0.05) is 48.0 Å². The SMILES string of the molecule is O=C(NCc1ccc(Cl)cc1)C1Cc2ccccc2CN1C(=O)c1ccco1. The molecule has 1 N–H and O–H groups in total. The Bertz CT molecular complexity index is 983. The fourth-order valence-electron chi connectivity index (χ4n) is 3.42. The molecule has 1 aliphatic heterocycles. The van der Waals surface area contributed by atoms with Gasteiger partial charge < -0.3 is 14.6 Å². The molecule has 5 nitrogen and oxygen atoms in total. The minimum Gasteiger partial charge on any atom is -0.459 e. The molecule has 0 aliphatic carbocycles. The van der Waals surface area contributed by atoms with Gasteiger partial charge in [0.2, 0.25) is 5.91 Å². The standard InChI is InChI=1S/C22H19ClN2O3/c23-18-9-7-15(8-10-18)13-24-21(26)19-12-16-4-1-2-5-17(16)14-25(19)22(27)20-6-3-11-28-20/h1-11,19H,12-14H2,(H,24,26). The highest BCUT2D eigenvalue weighted by Gasteiger charge is 2.35. The van der Waals surface area contributed by atoms with Gasteiger partial charge >= 0.3 is 0 Å². The number of benzene rings is 2. The maximum atomic E-state index is 13.0. The molecule has 4 rings (SSSR count). The molecule has 0 saturated carbocycles. The molecular formula is C22H19ClN2O3. The summed E-state index contributed by atoms with van der Waals surface area (Å²) in [7, 11) is 0. The van der Waals surface area contributed by atoms with Crippen LogP contribution in [0.4, 0.5) is 0 Å². The predicted molar refractivity (Wildman–Crippen MR) is 106 cm³/mol. The molecule has 6 heteroatoms. The Morgan fingerprint density at radius 3 is 2.50 bits per heavy atom. The molecule has 1 unspecified atom stereocenters. The lowest BCUT2D eigenvalue weighted by molar-refractivity contribution is -0.126. The molecule has 1 aliphatic rings. The van der Waals surface area contributed by atoms with Crippen molar-refractivity contribution in [3.8, 4) is 0 Å². The molecule has 0 bridgehead atoms. The number of amides is 2. The van der Waals surface area contributed by atoms with Crippen molar-refractivity contribution in [2.45, 2.75) is 25.6 Å². The van der Waals surface area contributed by atoms with Gasteiger partial charge in [0.15, 0.2) is 5.76 Å². The van der Waals surface area contributed by atoms with E-state index in [1.54, 1.807) is 29.2 Å². The summed E-state index contributed by atoms with van der Waals surface area (Å²) in [4.78, 5) is 27.5. The lowest BCUT2D eigenvalue weighted by Gasteiger charge is -2.35. The van der Waals surface area contributed by atoms with E-state index in [2.05, 4.69) is 5.32 Å². The van der Waals surface area contributed by atoms with Gasteiger partial charge in [0.25, 0.3) is 5.91 Å². The smallest absolute Gasteiger partial charge is 0.290 e. The fraction of sp³-hybridized carbons (Fsp3) is 0.182. The Kier molecular flexibility index (Phi) is 5.17. The first-order valence-corrected chi connectivity index (χ1v) is 9.43. The van der Waals surface area contributed by atoms with Crippen molar-refractivity contribution in [1.82, 2.24) is 10.2 Å². The zero-order valence-corrected chi connectivity index (χ0v) is 15.9. The third kappa shape index (κ3) is 3.80. The van der Waals surface area contributed by atoms with E-state index in [0.29, 0.717) is 24.5 Å². The van der Waals surface area contributed by atoms with Gasteiger partial charge in [-0.3, -0.25) is 9.59 Å². The third-order valence-corrected chi connectivity index (χ3v) is 5.18. The van der Waals surface area contributed by atoms with Crippen LogP contribution in [-0.2, 0) is 24.3 Å². The van der Waals surface area contributed by atoms with Crippen LogP contribution in [0.1, 0.15) is 27.2 Å². The van der Waals surface area contributed by atoms with Gasteiger partial charge in [0, 0.05) is 24.5 Å². The monoisotopic (exact) mass is 394 g/mol. The normalized spacial score (nSPS) is 15.8. The molecule has 3 aromatic rings. The number of hydrogen-bond acceptors (Lipinski definition) is 3. The molecule has 28 heavy (non-hydrogen) atoms. The minimum absolute atomic E-state index is 0.190. The van der Waals surface area contributed by atoms with E-state index in [4.69, 9.17) is 16.0 Å². The molecule has 142 valence electrons. The van der Waals surface area contributed by atoms with Crippen LogP contribution in [0.2, 0.25) is 5.02 Å². The molecule has 1 aromatic heterocycles. The van der Waals surface area contributed by atoms with E-state index in [9.17, 15) is 9.59 Å². The largest absolute Gasteiger partial charge is 0.459 e. The fourth-order valence-corrected chi connectivity index (χ4v) is 3.55. The highest BCUT2D eigenvalue weighted by atomic mass is 35.5. The van der Waals surface area contributed by atoms with E-state index in [0.717, 1.165) is 16.7 Å². The Hall–Kier alpha value is -3.05. The van der Waals surface area contributed by atoms with Gasteiger partial charge in [-0.25, -0.2) is 0 Å². The Morgan fingerprint density at radius 1 is 1.04 bits per heavy atom. The number of carbonyl (C=O) groups excluding carboxylic acids is 2. The van der Waals surface area contributed by atoms with Crippen molar-refractivity contribution in [3.63, 3.8) is 0 Å². The van der Waals surface area contributed by atoms with Crippen molar-refractivity contribution in [2.24, 2.45) is 0 Å². The first-order valence-electron chi connectivity index (χ1n) is 9.05. The van der Waals surface area contributed by atoms with Crippen LogP contribution in [0.15, 0.2) is 71.3 Å². The highest BCUT2D eigenvalue weighted by molar-refractivity contribution is 6.30. The van der Waals surface area contributed by atoms with Crippen molar-refractivity contribution in [1.29, 1.82) is 0 Å². The third-order valence-electron chi connectivity index (χ3n) is 4.92. The number of nitrogens with zero attached hydrogens (tertiary/aromatic N) is 1. The lowest BCUT2D eigenvalue weighted by Crippen LogP contribution is -2.52. The average molecular weight is 395 g/mol. The van der Waals surface area contributed by atoms with Gasteiger partial charge in [0.1, 0.15) is 6.04 Å². The van der Waals surface area contributed by atoms with Crippen molar-refractivity contribution in [3.05, 3.63) is 94.4 Å². The summed E-state index contributed by atoms with van der Waals surface area (Å²) in [6.45, 7) is 0.742. The second kappa shape index (κ2) is 7.90. The van der Waals surface area contributed by atoms with E-state index in [-0.39, 0.29) is 17.6 Å². The van der Waals surface area contributed by atoms with Crippen LogP contribution in [0, 0.1) is 0 Å². The van der Waals surface area contributed by atoms with Crippen LogP contribution < -0.4 is 5.32 Å². The van der Waals surface area contributed by atoms with Gasteiger partial charge in [-0.05, 0) is 41.0 Å². The summed E-state index contributed by atoms with van der Waals surface area (Å²) in [5.74, 6) is -0.245.